The number of carbonyl (C=O) groups is 1. The molecule has 0 unspecified atom stereocenters. The third-order valence-corrected chi connectivity index (χ3v) is 3.02. The van der Waals surface area contributed by atoms with E-state index in [0.29, 0.717) is 11.7 Å². The van der Waals surface area contributed by atoms with Crippen molar-refractivity contribution in [1.82, 2.24) is 9.97 Å². The van der Waals surface area contributed by atoms with Crippen LogP contribution in [0, 0.1) is 0 Å². The Bertz CT molecular complexity index is 298. The number of rotatable bonds is 2. The quantitative estimate of drug-likeness (QED) is 0.578. The Morgan fingerprint density at radius 1 is 1.29 bits per heavy atom. The fourth-order valence-electron chi connectivity index (χ4n) is 2.21. The van der Waals surface area contributed by atoms with Gasteiger partial charge in [-0.25, -0.2) is 4.98 Å². The molecule has 0 bridgehead atoms. The number of aldehydes is 1. The number of nitrogens with one attached hydrogen (secondary N) is 1. The number of carbonyl (C=O) groups excluding carboxylic acids is 1. The van der Waals surface area contributed by atoms with E-state index in [1.165, 1.54) is 38.5 Å². The van der Waals surface area contributed by atoms with Crippen molar-refractivity contribution in [1.29, 1.82) is 0 Å². The largest absolute Gasteiger partial charge is 0.339 e. The molecule has 0 spiro atoms. The minimum atomic E-state index is 0.462. The van der Waals surface area contributed by atoms with Crippen LogP contribution in [0.3, 0.4) is 0 Å². The van der Waals surface area contributed by atoms with Gasteiger partial charge in [0.25, 0.3) is 0 Å². The number of H-pyrrole nitrogens is 1. The summed E-state index contributed by atoms with van der Waals surface area (Å²) in [5.74, 6) is 1.06. The SMILES string of the molecule is O=Cc1ncc(C2CCCCCC2)[nH]1. The van der Waals surface area contributed by atoms with Crippen LogP contribution in [0.25, 0.3) is 0 Å². The van der Waals surface area contributed by atoms with Gasteiger partial charge < -0.3 is 4.98 Å². The van der Waals surface area contributed by atoms with Gasteiger partial charge in [0.2, 0.25) is 0 Å². The first-order valence-corrected chi connectivity index (χ1v) is 5.40. The minimum absolute atomic E-state index is 0.462. The van der Waals surface area contributed by atoms with Crippen molar-refractivity contribution in [3.05, 3.63) is 17.7 Å². The first-order chi connectivity index (χ1) is 6.90. The monoisotopic (exact) mass is 192 g/mol. The molecule has 0 saturated heterocycles. The van der Waals surface area contributed by atoms with Gasteiger partial charge in [-0.3, -0.25) is 4.79 Å². The van der Waals surface area contributed by atoms with E-state index < -0.39 is 0 Å². The van der Waals surface area contributed by atoms with Gasteiger partial charge >= 0.3 is 0 Å². The number of hydrogen-bond donors (Lipinski definition) is 1. The van der Waals surface area contributed by atoms with Crippen LogP contribution in [0.2, 0.25) is 0 Å². The summed E-state index contributed by atoms with van der Waals surface area (Å²) in [7, 11) is 0. The lowest BCUT2D eigenvalue weighted by molar-refractivity contribution is 0.111. The Morgan fingerprint density at radius 3 is 2.57 bits per heavy atom. The van der Waals surface area contributed by atoms with Crippen molar-refractivity contribution in [2.75, 3.05) is 0 Å². The Hall–Kier alpha value is -1.12. The Labute approximate surface area is 83.9 Å². The van der Waals surface area contributed by atoms with Crippen molar-refractivity contribution in [2.45, 2.75) is 44.4 Å². The second-order valence-corrected chi connectivity index (χ2v) is 4.03. The first kappa shape index (κ1) is 9.44. The lowest BCUT2D eigenvalue weighted by atomic mass is 9.97. The summed E-state index contributed by atoms with van der Waals surface area (Å²) in [5.41, 5.74) is 1.15. The Balaban J connectivity index is 2.08. The fourth-order valence-corrected chi connectivity index (χ4v) is 2.21. The third kappa shape index (κ3) is 2.03. The van der Waals surface area contributed by atoms with E-state index in [1.807, 2.05) is 6.20 Å². The van der Waals surface area contributed by atoms with Crippen molar-refractivity contribution in [3.8, 4) is 0 Å². The molecule has 1 saturated carbocycles. The van der Waals surface area contributed by atoms with E-state index in [-0.39, 0.29) is 0 Å². The summed E-state index contributed by atoms with van der Waals surface area (Å²) < 4.78 is 0. The molecular formula is C11H16N2O. The number of imidazole rings is 1. The van der Waals surface area contributed by atoms with Gasteiger partial charge in [-0.2, -0.15) is 0 Å². The zero-order valence-electron chi connectivity index (χ0n) is 8.33. The van der Waals surface area contributed by atoms with Crippen molar-refractivity contribution in [2.24, 2.45) is 0 Å². The van der Waals surface area contributed by atoms with Gasteiger partial charge in [-0.1, -0.05) is 25.7 Å². The zero-order valence-corrected chi connectivity index (χ0v) is 8.33. The summed E-state index contributed by atoms with van der Waals surface area (Å²) in [6.45, 7) is 0. The van der Waals surface area contributed by atoms with Crippen LogP contribution < -0.4 is 0 Å². The van der Waals surface area contributed by atoms with Crippen LogP contribution in [0.1, 0.15) is 60.8 Å². The highest BCUT2D eigenvalue weighted by Gasteiger charge is 2.16. The second-order valence-electron chi connectivity index (χ2n) is 4.03. The predicted octanol–water partition coefficient (Wildman–Crippen LogP) is 2.66. The average Bonchev–Trinajstić information content (AvgIpc) is 2.53. The molecule has 1 aromatic heterocycles. The number of hydrogen-bond acceptors (Lipinski definition) is 2. The minimum Gasteiger partial charge on any atom is -0.339 e. The Morgan fingerprint density at radius 2 is 2.00 bits per heavy atom. The molecule has 14 heavy (non-hydrogen) atoms. The summed E-state index contributed by atoms with van der Waals surface area (Å²) >= 11 is 0. The van der Waals surface area contributed by atoms with Crippen molar-refractivity contribution >= 4 is 6.29 Å². The summed E-state index contributed by atoms with van der Waals surface area (Å²) in [4.78, 5) is 17.6. The lowest BCUT2D eigenvalue weighted by Gasteiger charge is -2.10. The van der Waals surface area contributed by atoms with Crippen LogP contribution >= 0.6 is 0 Å². The standard InChI is InChI=1S/C11H16N2O/c14-8-11-12-7-10(13-11)9-5-3-1-2-4-6-9/h7-9H,1-6H2,(H,12,13). The summed E-state index contributed by atoms with van der Waals surface area (Å²) in [6, 6.07) is 0. The summed E-state index contributed by atoms with van der Waals surface area (Å²) in [5, 5.41) is 0. The normalized spacial score (nSPS) is 19.1. The van der Waals surface area contributed by atoms with Crippen LogP contribution in [0.4, 0.5) is 0 Å². The molecule has 1 heterocycles. The molecule has 76 valence electrons. The van der Waals surface area contributed by atoms with E-state index in [2.05, 4.69) is 9.97 Å². The van der Waals surface area contributed by atoms with Gasteiger partial charge in [-0.15, -0.1) is 0 Å². The van der Waals surface area contributed by atoms with Crippen molar-refractivity contribution < 1.29 is 4.79 Å². The van der Waals surface area contributed by atoms with Crippen LogP contribution in [-0.4, -0.2) is 16.3 Å². The molecule has 0 atom stereocenters. The number of nitrogens with zero attached hydrogens (tertiary/aromatic N) is 1. The highest BCUT2D eigenvalue weighted by molar-refractivity contribution is 5.68. The van der Waals surface area contributed by atoms with E-state index in [1.54, 1.807) is 0 Å². The second kappa shape index (κ2) is 4.40. The van der Waals surface area contributed by atoms with Gasteiger partial charge in [0.05, 0.1) is 0 Å². The number of aromatic nitrogens is 2. The molecule has 3 heteroatoms. The van der Waals surface area contributed by atoms with Crippen LogP contribution in [0.5, 0.6) is 0 Å². The third-order valence-electron chi connectivity index (χ3n) is 3.02. The molecule has 1 fully saturated rings. The van der Waals surface area contributed by atoms with Crippen LogP contribution in [-0.2, 0) is 0 Å². The maximum atomic E-state index is 10.5. The smallest absolute Gasteiger partial charge is 0.185 e. The molecular weight excluding hydrogens is 176 g/mol. The molecule has 1 aliphatic carbocycles. The van der Waals surface area contributed by atoms with E-state index in [0.717, 1.165) is 12.0 Å². The molecule has 3 nitrogen and oxygen atoms in total. The predicted molar refractivity (Wildman–Crippen MR) is 54.4 cm³/mol. The van der Waals surface area contributed by atoms with Gasteiger partial charge in [-0.05, 0) is 12.8 Å². The van der Waals surface area contributed by atoms with E-state index in [4.69, 9.17) is 0 Å². The topological polar surface area (TPSA) is 45.8 Å². The maximum Gasteiger partial charge on any atom is 0.185 e. The molecule has 0 radical (unpaired) electrons. The molecule has 2 rings (SSSR count). The zero-order chi connectivity index (χ0) is 9.80. The Kier molecular flexibility index (Phi) is 2.96. The molecule has 0 amide bonds. The van der Waals surface area contributed by atoms with Crippen molar-refractivity contribution in [3.63, 3.8) is 0 Å². The average molecular weight is 192 g/mol. The number of aromatic amines is 1. The summed E-state index contributed by atoms with van der Waals surface area (Å²) in [6.07, 6.45) is 10.4. The molecule has 1 N–H and O–H groups in total. The van der Waals surface area contributed by atoms with E-state index in [9.17, 15) is 4.79 Å². The highest BCUT2D eigenvalue weighted by atomic mass is 16.1. The molecule has 1 aliphatic rings. The first-order valence-electron chi connectivity index (χ1n) is 5.40. The van der Waals surface area contributed by atoms with Gasteiger partial charge in [0.15, 0.2) is 12.1 Å². The van der Waals surface area contributed by atoms with Gasteiger partial charge in [0.1, 0.15) is 0 Å². The molecule has 0 aliphatic heterocycles. The van der Waals surface area contributed by atoms with Crippen LogP contribution in [0.15, 0.2) is 6.20 Å². The lowest BCUT2D eigenvalue weighted by Crippen LogP contribution is -1.97. The maximum absolute atomic E-state index is 10.5. The van der Waals surface area contributed by atoms with E-state index >= 15 is 0 Å². The fraction of sp³-hybridized carbons (Fsp3) is 0.636. The molecule has 0 aromatic carbocycles. The highest BCUT2D eigenvalue weighted by Crippen LogP contribution is 2.30. The molecule has 1 aromatic rings. The van der Waals surface area contributed by atoms with Gasteiger partial charge in [0, 0.05) is 17.8 Å².